The van der Waals surface area contributed by atoms with Crippen molar-refractivity contribution in [2.24, 2.45) is 5.92 Å². The third kappa shape index (κ3) is 6.82. The van der Waals surface area contributed by atoms with Crippen molar-refractivity contribution in [2.45, 2.75) is 59.2 Å². The number of aromatic nitrogens is 1. The number of benzene rings is 1. The second kappa shape index (κ2) is 14.3. The van der Waals surface area contributed by atoms with Crippen molar-refractivity contribution in [1.82, 2.24) is 20.1 Å². The van der Waals surface area contributed by atoms with Crippen LogP contribution in [0.5, 0.6) is 0 Å². The van der Waals surface area contributed by atoms with Crippen molar-refractivity contribution >= 4 is 29.4 Å². The molecule has 1 N–H and O–H groups in total. The molecule has 0 spiro atoms. The molecule has 1 aromatic carbocycles. The third-order valence-electron chi connectivity index (χ3n) is 7.11. The molecule has 0 saturated carbocycles. The Hall–Kier alpha value is -3.43. The van der Waals surface area contributed by atoms with E-state index in [-0.39, 0.29) is 29.6 Å². The van der Waals surface area contributed by atoms with Gasteiger partial charge in [0.25, 0.3) is 5.91 Å². The molecule has 2 atom stereocenters. The summed E-state index contributed by atoms with van der Waals surface area (Å²) < 4.78 is 13.9. The van der Waals surface area contributed by atoms with Crippen LogP contribution in [0, 0.1) is 18.7 Å². The number of hydrogen-bond donors (Lipinski definition) is 1. The Balaban J connectivity index is 0.000000238. The zero-order valence-corrected chi connectivity index (χ0v) is 24.8. The number of rotatable bonds is 9. The summed E-state index contributed by atoms with van der Waals surface area (Å²) in [4.78, 5) is 45.3. The molecule has 1 saturated heterocycles. The molecular formula is C31H39FN4O3S. The summed E-state index contributed by atoms with van der Waals surface area (Å²) in [6.07, 6.45) is 7.70. The number of nitrogens with zero attached hydrogens (tertiary/aromatic N) is 3. The number of thiazole rings is 1. The number of aldehydes is 1. The van der Waals surface area contributed by atoms with Gasteiger partial charge in [0, 0.05) is 30.8 Å². The van der Waals surface area contributed by atoms with Gasteiger partial charge in [0.2, 0.25) is 5.91 Å². The predicted molar refractivity (Wildman–Crippen MR) is 158 cm³/mol. The van der Waals surface area contributed by atoms with Gasteiger partial charge in [-0.25, -0.2) is 9.37 Å². The summed E-state index contributed by atoms with van der Waals surface area (Å²) in [6.45, 7) is 13.0. The topological polar surface area (TPSA) is 82.6 Å². The molecule has 9 heteroatoms. The number of hydrogen-bond acceptors (Lipinski definition) is 6. The zero-order chi connectivity index (χ0) is 29.4. The lowest BCUT2D eigenvalue weighted by atomic mass is 10.0. The van der Waals surface area contributed by atoms with Crippen LogP contribution in [-0.2, 0) is 20.9 Å². The van der Waals surface area contributed by atoms with Crippen LogP contribution in [0.15, 0.2) is 59.7 Å². The molecule has 2 aliphatic heterocycles. The van der Waals surface area contributed by atoms with Crippen LogP contribution in [0.1, 0.15) is 44.9 Å². The quantitative estimate of drug-likeness (QED) is 0.428. The van der Waals surface area contributed by atoms with Gasteiger partial charge < -0.3 is 19.9 Å². The standard InChI is InChI=1S/C19H26N2O3.C12H13FN2S/c1-5-8-14-11-21(18(23)16(14)6-2)17(13(3)4)19(24)20-10-7-9-15(20)12-22;1-8-12(16-7-15-8)10-4-3-9(6-14-2)5-11(10)13/h5-6,8,12-13,15,17H,2,7,9-11H2,1,3-4H3;3-5,7,14H,6H2,1-2H3/b8-5-;. The van der Waals surface area contributed by atoms with E-state index in [1.165, 1.54) is 11.3 Å². The highest BCUT2D eigenvalue weighted by Gasteiger charge is 2.42. The molecule has 2 amide bonds. The van der Waals surface area contributed by atoms with Crippen molar-refractivity contribution < 1.29 is 18.8 Å². The number of allylic oxidation sites excluding steroid dienone is 1. The van der Waals surface area contributed by atoms with Crippen molar-refractivity contribution in [3.8, 4) is 10.4 Å². The maximum Gasteiger partial charge on any atom is 0.255 e. The molecular weight excluding hydrogens is 527 g/mol. The molecule has 0 bridgehead atoms. The maximum absolute atomic E-state index is 13.9. The number of amides is 2. The number of aryl methyl sites for hydroxylation is 1. The first-order valence-electron chi connectivity index (χ1n) is 13.6. The average Bonchev–Trinajstić information content (AvgIpc) is 3.64. The highest BCUT2D eigenvalue weighted by molar-refractivity contribution is 7.13. The fourth-order valence-corrected chi connectivity index (χ4v) is 6.02. The normalized spacial score (nSPS) is 18.0. The average molecular weight is 567 g/mol. The Kier molecular flexibility index (Phi) is 11.1. The minimum Gasteiger partial charge on any atom is -0.331 e. The van der Waals surface area contributed by atoms with Gasteiger partial charge in [0.15, 0.2) is 0 Å². The highest BCUT2D eigenvalue weighted by atomic mass is 32.1. The fraction of sp³-hybridized carbons (Fsp3) is 0.419. The third-order valence-corrected chi connectivity index (χ3v) is 8.08. The second-order valence-corrected chi connectivity index (χ2v) is 11.1. The van der Waals surface area contributed by atoms with E-state index in [2.05, 4.69) is 16.9 Å². The van der Waals surface area contributed by atoms with Gasteiger partial charge in [-0.2, -0.15) is 0 Å². The molecule has 0 radical (unpaired) electrons. The number of carbonyl (C=O) groups is 3. The number of carbonyl (C=O) groups excluding carboxylic acids is 3. The fourth-order valence-electron chi connectivity index (χ4n) is 5.19. The maximum atomic E-state index is 13.9. The summed E-state index contributed by atoms with van der Waals surface area (Å²) in [6, 6.07) is 4.41. The van der Waals surface area contributed by atoms with Gasteiger partial charge in [0.1, 0.15) is 18.1 Å². The molecule has 2 unspecified atom stereocenters. The van der Waals surface area contributed by atoms with Crippen LogP contribution in [-0.4, -0.2) is 65.1 Å². The Morgan fingerprint density at radius 2 is 2.10 bits per heavy atom. The summed E-state index contributed by atoms with van der Waals surface area (Å²) in [5.41, 5.74) is 5.64. The molecule has 214 valence electrons. The number of likely N-dealkylation sites (tertiary alicyclic amines) is 1. The van der Waals surface area contributed by atoms with Gasteiger partial charge >= 0.3 is 0 Å². The van der Waals surface area contributed by atoms with E-state index in [9.17, 15) is 18.8 Å². The first-order valence-corrected chi connectivity index (χ1v) is 14.4. The van der Waals surface area contributed by atoms with Crippen molar-refractivity contribution in [1.29, 1.82) is 0 Å². The van der Waals surface area contributed by atoms with Gasteiger partial charge in [-0.1, -0.05) is 50.8 Å². The SMILES string of the molecule is C=CC1=C(/C=C\C)CN(C(C(=O)N2CCCC2C=O)C(C)C)C1=O.CNCc1ccc(-c2scnc2C)c(F)c1. The Bertz CT molecular complexity index is 1300. The van der Waals surface area contributed by atoms with Crippen molar-refractivity contribution in [2.75, 3.05) is 20.1 Å². The van der Waals surface area contributed by atoms with Crippen LogP contribution in [0.2, 0.25) is 0 Å². The minimum absolute atomic E-state index is 0.0367. The van der Waals surface area contributed by atoms with Gasteiger partial charge in [-0.05, 0) is 56.9 Å². The Morgan fingerprint density at radius 1 is 1.35 bits per heavy atom. The first-order chi connectivity index (χ1) is 19.2. The lowest BCUT2D eigenvalue weighted by molar-refractivity contribution is -0.146. The lowest BCUT2D eigenvalue weighted by Gasteiger charge is -2.34. The lowest BCUT2D eigenvalue weighted by Crippen LogP contribution is -2.53. The van der Waals surface area contributed by atoms with Crippen LogP contribution < -0.4 is 5.32 Å². The highest BCUT2D eigenvalue weighted by Crippen LogP contribution is 2.30. The predicted octanol–water partition coefficient (Wildman–Crippen LogP) is 5.08. The molecule has 0 aliphatic carbocycles. The smallest absolute Gasteiger partial charge is 0.255 e. The van der Waals surface area contributed by atoms with Crippen LogP contribution in [0.4, 0.5) is 4.39 Å². The van der Waals surface area contributed by atoms with E-state index in [0.717, 1.165) is 34.4 Å². The van der Waals surface area contributed by atoms with E-state index in [0.29, 0.717) is 37.2 Å². The molecule has 1 aromatic heterocycles. The minimum atomic E-state index is -0.559. The van der Waals surface area contributed by atoms with Crippen molar-refractivity contribution in [3.05, 3.63) is 76.7 Å². The molecule has 40 heavy (non-hydrogen) atoms. The van der Waals surface area contributed by atoms with Crippen LogP contribution >= 0.6 is 11.3 Å². The monoisotopic (exact) mass is 566 g/mol. The van der Waals surface area contributed by atoms with E-state index >= 15 is 0 Å². The molecule has 4 rings (SSSR count). The zero-order valence-electron chi connectivity index (χ0n) is 23.9. The summed E-state index contributed by atoms with van der Waals surface area (Å²) in [7, 11) is 1.85. The molecule has 3 heterocycles. The van der Waals surface area contributed by atoms with Crippen molar-refractivity contribution in [3.63, 3.8) is 0 Å². The van der Waals surface area contributed by atoms with Crippen LogP contribution in [0.3, 0.4) is 0 Å². The largest absolute Gasteiger partial charge is 0.331 e. The summed E-state index contributed by atoms with van der Waals surface area (Å²) in [5.74, 6) is -0.504. The van der Waals surface area contributed by atoms with Crippen LogP contribution in [0.25, 0.3) is 10.4 Å². The van der Waals surface area contributed by atoms with Gasteiger partial charge in [-0.3, -0.25) is 9.59 Å². The number of nitrogens with one attached hydrogen (secondary N) is 1. The molecule has 2 aromatic rings. The summed E-state index contributed by atoms with van der Waals surface area (Å²) in [5, 5.41) is 3.00. The summed E-state index contributed by atoms with van der Waals surface area (Å²) >= 11 is 1.47. The molecule has 7 nitrogen and oxygen atoms in total. The second-order valence-electron chi connectivity index (χ2n) is 10.3. The molecule has 1 fully saturated rings. The van der Waals surface area contributed by atoms with E-state index < -0.39 is 6.04 Å². The van der Waals surface area contributed by atoms with E-state index in [1.807, 2.05) is 59.0 Å². The Morgan fingerprint density at radius 3 is 2.65 bits per heavy atom. The van der Waals surface area contributed by atoms with Gasteiger partial charge in [-0.15, -0.1) is 11.3 Å². The molecule has 2 aliphatic rings. The number of halogens is 1. The Labute approximate surface area is 240 Å². The first kappa shape index (κ1) is 31.1. The van der Waals surface area contributed by atoms with E-state index in [1.54, 1.807) is 27.5 Å². The van der Waals surface area contributed by atoms with E-state index in [4.69, 9.17) is 0 Å². The van der Waals surface area contributed by atoms with Gasteiger partial charge in [0.05, 0.1) is 22.1 Å².